The number of imide groups is 1. The zero-order valence-electron chi connectivity index (χ0n) is 19.7. The van der Waals surface area contributed by atoms with Crippen LogP contribution >= 0.6 is 23.2 Å². The molecule has 0 saturated heterocycles. The van der Waals surface area contributed by atoms with E-state index < -0.39 is 23.8 Å². The highest BCUT2D eigenvalue weighted by molar-refractivity contribution is 6.53. The van der Waals surface area contributed by atoms with Crippen molar-refractivity contribution in [3.63, 3.8) is 0 Å². The van der Waals surface area contributed by atoms with Crippen LogP contribution in [0.2, 0.25) is 5.02 Å². The summed E-state index contributed by atoms with van der Waals surface area (Å²) in [5.41, 5.74) is 1.82. The molecule has 0 spiro atoms. The lowest BCUT2D eigenvalue weighted by molar-refractivity contribution is -0.120. The molecule has 188 valence electrons. The number of benzene rings is 3. The van der Waals surface area contributed by atoms with Crippen LogP contribution in [0.15, 0.2) is 77.5 Å². The van der Waals surface area contributed by atoms with E-state index in [4.69, 9.17) is 32.7 Å². The average Bonchev–Trinajstić information content (AvgIpc) is 3.09. The molecule has 0 aromatic heterocycles. The minimum Gasteiger partial charge on any atom is -0.462 e. The van der Waals surface area contributed by atoms with Gasteiger partial charge in [-0.3, -0.25) is 9.59 Å². The Bertz CT molecular complexity index is 1430. The minimum absolute atomic E-state index is 0.117. The van der Waals surface area contributed by atoms with Crippen molar-refractivity contribution in [1.29, 1.82) is 0 Å². The highest BCUT2D eigenvalue weighted by Gasteiger charge is 2.39. The van der Waals surface area contributed by atoms with Gasteiger partial charge in [0.15, 0.2) is 0 Å². The summed E-state index contributed by atoms with van der Waals surface area (Å²) in [5, 5.41) is 3.09. The van der Waals surface area contributed by atoms with Crippen molar-refractivity contribution in [3.8, 4) is 5.75 Å². The van der Waals surface area contributed by atoms with Gasteiger partial charge in [0.1, 0.15) is 16.5 Å². The van der Waals surface area contributed by atoms with Crippen LogP contribution in [0.5, 0.6) is 5.75 Å². The van der Waals surface area contributed by atoms with Gasteiger partial charge in [-0.15, -0.1) is 0 Å². The summed E-state index contributed by atoms with van der Waals surface area (Å²) in [5.74, 6) is -2.07. The second kappa shape index (κ2) is 10.9. The van der Waals surface area contributed by atoms with Crippen molar-refractivity contribution in [2.75, 3.05) is 16.8 Å². The molecule has 1 aliphatic rings. The fourth-order valence-corrected chi connectivity index (χ4v) is 3.97. The zero-order chi connectivity index (χ0) is 26.7. The zero-order valence-corrected chi connectivity index (χ0v) is 21.2. The fraction of sp³-hybridized carbons (Fsp3) is 0.111. The molecule has 4 rings (SSSR count). The van der Waals surface area contributed by atoms with Crippen LogP contribution in [0.25, 0.3) is 0 Å². The Labute approximate surface area is 222 Å². The summed E-state index contributed by atoms with van der Waals surface area (Å²) in [7, 11) is 0. The maximum Gasteiger partial charge on any atom is 0.343 e. The number of carbonyl (C=O) groups is 4. The van der Waals surface area contributed by atoms with Gasteiger partial charge >= 0.3 is 11.9 Å². The molecular weight excluding hydrogens is 519 g/mol. The fourth-order valence-electron chi connectivity index (χ4n) is 3.53. The Balaban J connectivity index is 1.46. The molecule has 0 bridgehead atoms. The second-order valence-electron chi connectivity index (χ2n) is 7.90. The van der Waals surface area contributed by atoms with Gasteiger partial charge < -0.3 is 14.8 Å². The molecule has 37 heavy (non-hydrogen) atoms. The van der Waals surface area contributed by atoms with Crippen LogP contribution in [0, 0.1) is 6.92 Å². The second-order valence-corrected chi connectivity index (χ2v) is 8.72. The van der Waals surface area contributed by atoms with Crippen LogP contribution in [0.1, 0.15) is 33.2 Å². The number of rotatable bonds is 7. The lowest BCUT2D eigenvalue weighted by atomic mass is 10.2. The van der Waals surface area contributed by atoms with Crippen molar-refractivity contribution in [1.82, 2.24) is 0 Å². The topological polar surface area (TPSA) is 102 Å². The van der Waals surface area contributed by atoms with Gasteiger partial charge in [0, 0.05) is 10.7 Å². The summed E-state index contributed by atoms with van der Waals surface area (Å²) in [6.45, 7) is 3.69. The lowest BCUT2D eigenvalue weighted by Crippen LogP contribution is -2.32. The number of amides is 2. The quantitative estimate of drug-likeness (QED) is 0.241. The number of nitrogens with zero attached hydrogens (tertiary/aromatic N) is 1. The van der Waals surface area contributed by atoms with Crippen LogP contribution in [-0.2, 0) is 14.3 Å². The molecule has 3 aromatic carbocycles. The SMILES string of the molecule is CCOC(=O)c1ccc(N2C(=O)C(Cl)=C(Nc3ccc(C(=O)Oc4ccc(Cl)cc4C)cc3)C2=O)cc1. The first-order valence-electron chi connectivity index (χ1n) is 11.1. The Kier molecular flexibility index (Phi) is 7.61. The molecule has 2 amide bonds. The first-order chi connectivity index (χ1) is 17.7. The van der Waals surface area contributed by atoms with Crippen molar-refractivity contribution in [3.05, 3.63) is 99.2 Å². The molecule has 0 atom stereocenters. The van der Waals surface area contributed by atoms with E-state index in [1.165, 1.54) is 36.4 Å². The van der Waals surface area contributed by atoms with Crippen molar-refractivity contribution in [2.24, 2.45) is 0 Å². The standard InChI is InChI=1S/C27H20Cl2N2O6/c1-3-36-26(34)16-6-11-20(12-7-16)31-24(32)22(29)23(25(31)33)30-19-9-4-17(5-10-19)27(35)37-21-13-8-18(28)14-15(21)2/h4-14,30H,3H2,1-2H3. The third-order valence-corrected chi connectivity index (χ3v) is 5.98. The van der Waals surface area contributed by atoms with Gasteiger partial charge in [-0.25, -0.2) is 14.5 Å². The largest absolute Gasteiger partial charge is 0.462 e. The van der Waals surface area contributed by atoms with Gasteiger partial charge in [0.25, 0.3) is 11.8 Å². The third-order valence-electron chi connectivity index (χ3n) is 5.39. The Morgan fingerprint density at radius 2 is 1.49 bits per heavy atom. The Morgan fingerprint density at radius 1 is 0.865 bits per heavy atom. The number of hydrogen-bond acceptors (Lipinski definition) is 7. The molecule has 1 N–H and O–H groups in total. The van der Waals surface area contributed by atoms with Crippen molar-refractivity contribution >= 4 is 58.3 Å². The van der Waals surface area contributed by atoms with Gasteiger partial charge in [-0.1, -0.05) is 23.2 Å². The lowest BCUT2D eigenvalue weighted by Gasteiger charge is -2.15. The summed E-state index contributed by atoms with van der Waals surface area (Å²) >= 11 is 12.1. The van der Waals surface area contributed by atoms with Gasteiger partial charge in [-0.2, -0.15) is 0 Å². The van der Waals surface area contributed by atoms with Crippen LogP contribution in [-0.4, -0.2) is 30.4 Å². The number of hydrogen-bond donors (Lipinski definition) is 1. The number of aryl methyl sites for hydroxylation is 1. The van der Waals surface area contributed by atoms with Crippen molar-refractivity contribution in [2.45, 2.75) is 13.8 Å². The van der Waals surface area contributed by atoms with E-state index >= 15 is 0 Å². The molecular formula is C27H20Cl2N2O6. The predicted molar refractivity (Wildman–Crippen MR) is 139 cm³/mol. The highest BCUT2D eigenvalue weighted by Crippen LogP contribution is 2.30. The van der Waals surface area contributed by atoms with Crippen molar-refractivity contribution < 1.29 is 28.7 Å². The number of anilines is 2. The van der Waals surface area contributed by atoms with E-state index in [0.29, 0.717) is 22.0 Å². The summed E-state index contributed by atoms with van der Waals surface area (Å²) < 4.78 is 10.4. The van der Waals surface area contributed by atoms with E-state index in [1.807, 2.05) is 0 Å². The molecule has 10 heteroatoms. The number of ether oxygens (including phenoxy) is 2. The first kappa shape index (κ1) is 25.9. The molecule has 0 radical (unpaired) electrons. The maximum absolute atomic E-state index is 13.0. The molecule has 0 aliphatic carbocycles. The Hall–Kier alpha value is -4.14. The normalized spacial score (nSPS) is 13.1. The maximum atomic E-state index is 13.0. The number of halogens is 2. The van der Waals surface area contributed by atoms with Gasteiger partial charge in [-0.05, 0) is 86.1 Å². The molecule has 0 fully saturated rings. The molecule has 0 saturated carbocycles. The predicted octanol–water partition coefficient (Wildman–Crippen LogP) is 5.48. The van der Waals surface area contributed by atoms with E-state index in [1.54, 1.807) is 44.2 Å². The van der Waals surface area contributed by atoms with Gasteiger partial charge in [0.2, 0.25) is 0 Å². The average molecular weight is 539 g/mol. The first-order valence-corrected chi connectivity index (χ1v) is 11.9. The number of nitrogens with one attached hydrogen (secondary N) is 1. The number of carbonyl (C=O) groups excluding carboxylic acids is 4. The van der Waals surface area contributed by atoms with E-state index in [9.17, 15) is 19.2 Å². The van der Waals surface area contributed by atoms with Gasteiger partial charge in [0.05, 0.1) is 23.4 Å². The minimum atomic E-state index is -0.711. The molecule has 1 aliphatic heterocycles. The van der Waals surface area contributed by atoms with Crippen LogP contribution in [0.4, 0.5) is 11.4 Å². The monoisotopic (exact) mass is 538 g/mol. The van der Waals surface area contributed by atoms with E-state index in [-0.39, 0.29) is 34.2 Å². The molecule has 3 aromatic rings. The van der Waals surface area contributed by atoms with E-state index in [2.05, 4.69) is 5.32 Å². The Morgan fingerprint density at radius 3 is 2.11 bits per heavy atom. The highest BCUT2D eigenvalue weighted by atomic mass is 35.5. The van der Waals surface area contributed by atoms with Crippen LogP contribution in [0.3, 0.4) is 0 Å². The summed E-state index contributed by atoms with van der Waals surface area (Å²) in [4.78, 5) is 51.0. The summed E-state index contributed by atoms with van der Waals surface area (Å²) in [6.07, 6.45) is 0. The van der Waals surface area contributed by atoms with E-state index in [0.717, 1.165) is 4.90 Å². The number of esters is 2. The third kappa shape index (κ3) is 5.50. The molecule has 1 heterocycles. The molecule has 0 unspecified atom stereocenters. The summed E-state index contributed by atoms with van der Waals surface area (Å²) in [6, 6.07) is 16.9. The van der Waals surface area contributed by atoms with Crippen LogP contribution < -0.4 is 15.0 Å². The smallest absolute Gasteiger partial charge is 0.343 e. The molecule has 8 nitrogen and oxygen atoms in total.